The van der Waals surface area contributed by atoms with Gasteiger partial charge in [0.2, 0.25) is 5.91 Å². The Kier molecular flexibility index (Phi) is 3.59. The van der Waals surface area contributed by atoms with Gasteiger partial charge in [-0.3, -0.25) is 9.80 Å². The van der Waals surface area contributed by atoms with Gasteiger partial charge in [-0.25, -0.2) is 5.43 Å². The molecule has 1 saturated heterocycles. The average molecular weight is 212 g/mol. The molecule has 0 aromatic rings. The number of carbonyl (C=O) groups is 1. The minimum absolute atomic E-state index is 0.0378. The summed E-state index contributed by atoms with van der Waals surface area (Å²) in [6, 6.07) is 0.323. The maximum absolute atomic E-state index is 11.6. The number of aliphatic hydroxyl groups excluding tert-OH is 1. The number of amides is 1. The van der Waals surface area contributed by atoms with Gasteiger partial charge < -0.3 is 5.11 Å². The van der Waals surface area contributed by atoms with Crippen LogP contribution in [0.4, 0.5) is 0 Å². The van der Waals surface area contributed by atoms with Gasteiger partial charge in [0.25, 0.3) is 0 Å². The first-order valence-electron chi connectivity index (χ1n) is 5.98. The number of carbonyl (C=O) groups excluding carboxylic acids is 1. The molecular formula is C11H20N2O2. The van der Waals surface area contributed by atoms with Gasteiger partial charge in [0.1, 0.15) is 0 Å². The van der Waals surface area contributed by atoms with Crippen molar-refractivity contribution >= 4 is 5.91 Å². The SMILES string of the molecule is O=C1CC(C2CCCCC2)NN1CCO. The average Bonchev–Trinajstić information content (AvgIpc) is 2.63. The van der Waals surface area contributed by atoms with Crippen LogP contribution < -0.4 is 5.43 Å². The summed E-state index contributed by atoms with van der Waals surface area (Å²) in [6.45, 7) is 0.457. The molecular weight excluding hydrogens is 192 g/mol. The first-order valence-corrected chi connectivity index (χ1v) is 5.98. The second-order valence-corrected chi connectivity index (χ2v) is 4.61. The van der Waals surface area contributed by atoms with E-state index in [9.17, 15) is 4.79 Å². The molecule has 2 N–H and O–H groups in total. The van der Waals surface area contributed by atoms with Crippen molar-refractivity contribution in [1.82, 2.24) is 10.4 Å². The van der Waals surface area contributed by atoms with E-state index < -0.39 is 0 Å². The number of rotatable bonds is 3. The highest BCUT2D eigenvalue weighted by Crippen LogP contribution is 2.29. The molecule has 4 nitrogen and oxygen atoms in total. The van der Waals surface area contributed by atoms with Gasteiger partial charge in [0.05, 0.1) is 13.2 Å². The van der Waals surface area contributed by atoms with Crippen LogP contribution in [0.2, 0.25) is 0 Å². The number of nitrogens with zero attached hydrogens (tertiary/aromatic N) is 1. The molecule has 0 aromatic heterocycles. The summed E-state index contributed by atoms with van der Waals surface area (Å²) >= 11 is 0. The van der Waals surface area contributed by atoms with E-state index in [1.165, 1.54) is 32.1 Å². The smallest absolute Gasteiger partial charge is 0.238 e. The minimum Gasteiger partial charge on any atom is -0.394 e. The van der Waals surface area contributed by atoms with Crippen molar-refractivity contribution in [1.29, 1.82) is 0 Å². The standard InChI is InChI=1S/C11H20N2O2/c14-7-6-13-11(15)8-10(12-13)9-4-2-1-3-5-9/h9-10,12,14H,1-8H2. The summed E-state index contributed by atoms with van der Waals surface area (Å²) in [5, 5.41) is 10.4. The van der Waals surface area contributed by atoms with Crippen LogP contribution in [0, 0.1) is 5.92 Å². The third kappa shape index (κ3) is 2.49. The summed E-state index contributed by atoms with van der Waals surface area (Å²) in [7, 11) is 0. The summed E-state index contributed by atoms with van der Waals surface area (Å²) in [4.78, 5) is 11.6. The Morgan fingerprint density at radius 2 is 2.07 bits per heavy atom. The highest BCUT2D eigenvalue weighted by atomic mass is 16.3. The molecule has 0 aromatic carbocycles. The molecule has 4 heteroatoms. The lowest BCUT2D eigenvalue weighted by Gasteiger charge is -2.27. The highest BCUT2D eigenvalue weighted by molar-refractivity contribution is 5.78. The van der Waals surface area contributed by atoms with E-state index >= 15 is 0 Å². The third-order valence-electron chi connectivity index (χ3n) is 3.56. The van der Waals surface area contributed by atoms with Crippen LogP contribution in [0.1, 0.15) is 38.5 Å². The van der Waals surface area contributed by atoms with Crippen LogP contribution in [0.15, 0.2) is 0 Å². The lowest BCUT2D eigenvalue weighted by molar-refractivity contribution is -0.130. The van der Waals surface area contributed by atoms with Crippen LogP contribution in [0.5, 0.6) is 0 Å². The van der Waals surface area contributed by atoms with Gasteiger partial charge >= 0.3 is 0 Å². The van der Waals surface area contributed by atoms with E-state index in [4.69, 9.17) is 5.11 Å². The van der Waals surface area contributed by atoms with Crippen LogP contribution >= 0.6 is 0 Å². The quantitative estimate of drug-likeness (QED) is 0.722. The molecule has 15 heavy (non-hydrogen) atoms. The summed E-state index contributed by atoms with van der Waals surface area (Å²) < 4.78 is 0. The number of aliphatic hydroxyl groups is 1. The normalized spacial score (nSPS) is 28.7. The fourth-order valence-corrected chi connectivity index (χ4v) is 2.71. The van der Waals surface area contributed by atoms with Crippen LogP contribution in [0.25, 0.3) is 0 Å². The van der Waals surface area contributed by atoms with Crippen LogP contribution in [-0.2, 0) is 4.79 Å². The second kappa shape index (κ2) is 4.94. The Bertz CT molecular complexity index is 227. The van der Waals surface area contributed by atoms with Crippen molar-refractivity contribution in [3.05, 3.63) is 0 Å². The van der Waals surface area contributed by atoms with Gasteiger partial charge in [-0.1, -0.05) is 19.3 Å². The Labute approximate surface area is 90.6 Å². The number of hydrogen-bond donors (Lipinski definition) is 2. The van der Waals surface area contributed by atoms with Crippen molar-refractivity contribution < 1.29 is 9.90 Å². The molecule has 2 fully saturated rings. The van der Waals surface area contributed by atoms with E-state index in [1.807, 2.05) is 0 Å². The topological polar surface area (TPSA) is 52.6 Å². The number of β-amino-alcohol motifs (C(OH)–C–C–N with tert-alkyl or cyclic N) is 1. The van der Waals surface area contributed by atoms with E-state index in [1.54, 1.807) is 5.01 Å². The molecule has 86 valence electrons. The van der Waals surface area contributed by atoms with Crippen molar-refractivity contribution in [3.8, 4) is 0 Å². The largest absolute Gasteiger partial charge is 0.394 e. The lowest BCUT2D eigenvalue weighted by Crippen LogP contribution is -2.42. The summed E-state index contributed by atoms with van der Waals surface area (Å²) in [5.74, 6) is 0.797. The maximum atomic E-state index is 11.6. The third-order valence-corrected chi connectivity index (χ3v) is 3.56. The number of hydrogen-bond acceptors (Lipinski definition) is 3. The molecule has 1 aliphatic carbocycles. The molecule has 1 heterocycles. The predicted octanol–water partition coefficient (Wildman–Crippen LogP) is 0.664. The zero-order chi connectivity index (χ0) is 10.7. The molecule has 0 radical (unpaired) electrons. The lowest BCUT2D eigenvalue weighted by atomic mass is 9.83. The zero-order valence-electron chi connectivity index (χ0n) is 9.11. The molecule has 1 atom stereocenters. The Morgan fingerprint density at radius 3 is 2.73 bits per heavy atom. The van der Waals surface area contributed by atoms with E-state index in [0.29, 0.717) is 24.9 Å². The first-order chi connectivity index (χ1) is 7.31. The van der Waals surface area contributed by atoms with Crippen LogP contribution in [0.3, 0.4) is 0 Å². The molecule has 0 spiro atoms. The monoisotopic (exact) mass is 212 g/mol. The minimum atomic E-state index is 0.0378. The molecule has 2 rings (SSSR count). The van der Waals surface area contributed by atoms with E-state index in [2.05, 4.69) is 5.43 Å². The predicted molar refractivity (Wildman–Crippen MR) is 56.9 cm³/mol. The zero-order valence-corrected chi connectivity index (χ0v) is 9.11. The summed E-state index contributed by atoms with van der Waals surface area (Å²) in [5.41, 5.74) is 3.24. The van der Waals surface area contributed by atoms with Crippen molar-refractivity contribution in [2.75, 3.05) is 13.2 Å². The Hall–Kier alpha value is -0.610. The van der Waals surface area contributed by atoms with Gasteiger partial charge in [-0.15, -0.1) is 0 Å². The summed E-state index contributed by atoms with van der Waals surface area (Å²) in [6.07, 6.45) is 7.06. The molecule has 1 saturated carbocycles. The first kappa shape index (κ1) is 10.9. The van der Waals surface area contributed by atoms with E-state index in [-0.39, 0.29) is 12.5 Å². The molecule has 1 aliphatic heterocycles. The van der Waals surface area contributed by atoms with Gasteiger partial charge in [0, 0.05) is 12.5 Å². The second-order valence-electron chi connectivity index (χ2n) is 4.61. The van der Waals surface area contributed by atoms with Crippen molar-refractivity contribution in [2.45, 2.75) is 44.6 Å². The van der Waals surface area contributed by atoms with Gasteiger partial charge in [-0.2, -0.15) is 0 Å². The fourth-order valence-electron chi connectivity index (χ4n) is 2.71. The number of hydrazine groups is 1. The van der Waals surface area contributed by atoms with Gasteiger partial charge in [0.15, 0.2) is 0 Å². The van der Waals surface area contributed by atoms with Gasteiger partial charge in [-0.05, 0) is 18.8 Å². The van der Waals surface area contributed by atoms with Crippen molar-refractivity contribution in [2.24, 2.45) is 5.92 Å². The number of nitrogens with one attached hydrogen (secondary N) is 1. The molecule has 0 bridgehead atoms. The Morgan fingerprint density at radius 1 is 1.33 bits per heavy atom. The molecule has 1 amide bonds. The maximum Gasteiger partial charge on any atom is 0.238 e. The molecule has 2 aliphatic rings. The molecule has 1 unspecified atom stereocenters. The fraction of sp³-hybridized carbons (Fsp3) is 0.909. The van der Waals surface area contributed by atoms with E-state index in [0.717, 1.165) is 0 Å². The highest BCUT2D eigenvalue weighted by Gasteiger charge is 2.34. The van der Waals surface area contributed by atoms with Crippen molar-refractivity contribution in [3.63, 3.8) is 0 Å². The van der Waals surface area contributed by atoms with Crippen LogP contribution in [-0.4, -0.2) is 35.2 Å². The Balaban J connectivity index is 1.87.